The molecule has 0 aromatic carbocycles. The number of nitrogen functional groups attached to an aromatic ring is 1. The van der Waals surface area contributed by atoms with E-state index in [1.54, 1.807) is 18.0 Å². The molecular weight excluding hydrogens is 272 g/mol. The van der Waals surface area contributed by atoms with E-state index in [1.165, 1.54) is 19.3 Å². The topological polar surface area (TPSA) is 38.9 Å². The van der Waals surface area contributed by atoms with Gasteiger partial charge in [0.15, 0.2) is 0 Å². The van der Waals surface area contributed by atoms with Crippen LogP contribution in [0.25, 0.3) is 0 Å². The first-order valence-corrected chi connectivity index (χ1v) is 6.98. The zero-order valence-electron chi connectivity index (χ0n) is 9.22. The summed E-state index contributed by atoms with van der Waals surface area (Å²) in [6.45, 7) is 4.23. The highest BCUT2D eigenvalue weighted by atomic mass is 79.9. The largest absolute Gasteiger partial charge is 0.397 e. The van der Waals surface area contributed by atoms with Crippen LogP contribution in [-0.2, 0) is 0 Å². The Bertz CT molecular complexity index is 329. The smallest absolute Gasteiger partial charge is 0.111 e. The van der Waals surface area contributed by atoms with Gasteiger partial charge in [-0.25, -0.2) is 4.98 Å². The minimum atomic E-state index is 0.750. The second kappa shape index (κ2) is 6.38. The van der Waals surface area contributed by atoms with Gasteiger partial charge in [-0.1, -0.05) is 19.8 Å². The first kappa shape index (κ1) is 12.8. The number of anilines is 1. The molecule has 2 nitrogen and oxygen atoms in total. The normalized spacial score (nSPS) is 10.6. The fourth-order valence-electron chi connectivity index (χ4n) is 1.19. The van der Waals surface area contributed by atoms with Gasteiger partial charge in [0.1, 0.15) is 5.03 Å². The number of hydrogen-bond donors (Lipinski definition) is 1. The molecule has 0 amide bonds. The molecule has 0 bridgehead atoms. The number of thioether (sulfide) groups is 1. The Labute approximate surface area is 104 Å². The van der Waals surface area contributed by atoms with Gasteiger partial charge in [-0.15, -0.1) is 11.8 Å². The summed E-state index contributed by atoms with van der Waals surface area (Å²) in [5.74, 6) is 1.13. The van der Waals surface area contributed by atoms with Crippen molar-refractivity contribution in [3.63, 3.8) is 0 Å². The summed E-state index contributed by atoms with van der Waals surface area (Å²) >= 11 is 5.33. The Kier molecular flexibility index (Phi) is 5.47. The van der Waals surface area contributed by atoms with Gasteiger partial charge in [0, 0.05) is 0 Å². The van der Waals surface area contributed by atoms with E-state index in [1.807, 2.05) is 6.92 Å². The number of rotatable bonds is 5. The lowest BCUT2D eigenvalue weighted by molar-refractivity contribution is 0.778. The quantitative estimate of drug-likeness (QED) is 0.657. The maximum absolute atomic E-state index is 5.76. The number of nitrogens with zero attached hydrogens (tertiary/aromatic N) is 1. The lowest BCUT2D eigenvalue weighted by Crippen LogP contribution is -1.95. The molecule has 15 heavy (non-hydrogen) atoms. The molecule has 0 fully saturated rings. The Morgan fingerprint density at radius 3 is 2.87 bits per heavy atom. The predicted molar refractivity (Wildman–Crippen MR) is 71.3 cm³/mol. The van der Waals surface area contributed by atoms with Gasteiger partial charge in [0.05, 0.1) is 16.4 Å². The molecule has 0 saturated carbocycles. The Morgan fingerprint density at radius 2 is 2.20 bits per heavy atom. The molecule has 0 aliphatic rings. The molecule has 1 heterocycles. The van der Waals surface area contributed by atoms with E-state index in [0.717, 1.165) is 26.5 Å². The van der Waals surface area contributed by atoms with Gasteiger partial charge in [-0.2, -0.15) is 0 Å². The number of unbranched alkanes of at least 4 members (excludes halogenated alkanes) is 2. The summed E-state index contributed by atoms with van der Waals surface area (Å²) in [7, 11) is 0. The zero-order chi connectivity index (χ0) is 11.3. The number of hydrogen-bond acceptors (Lipinski definition) is 3. The van der Waals surface area contributed by atoms with Crippen LogP contribution in [0.5, 0.6) is 0 Å². The van der Waals surface area contributed by atoms with Crippen LogP contribution >= 0.6 is 27.7 Å². The monoisotopic (exact) mass is 288 g/mol. The van der Waals surface area contributed by atoms with Crippen molar-refractivity contribution < 1.29 is 0 Å². The fourth-order valence-corrected chi connectivity index (χ4v) is 2.81. The van der Waals surface area contributed by atoms with Crippen molar-refractivity contribution in [1.82, 2.24) is 4.98 Å². The van der Waals surface area contributed by atoms with Crippen molar-refractivity contribution >= 4 is 33.4 Å². The summed E-state index contributed by atoms with van der Waals surface area (Å²) in [4.78, 5) is 4.33. The lowest BCUT2D eigenvalue weighted by atomic mass is 10.3. The van der Waals surface area contributed by atoms with Crippen LogP contribution in [0.1, 0.15) is 31.7 Å². The molecule has 0 saturated heterocycles. The molecule has 2 N–H and O–H groups in total. The van der Waals surface area contributed by atoms with E-state index in [-0.39, 0.29) is 0 Å². The summed E-state index contributed by atoms with van der Waals surface area (Å²) in [6, 6.07) is 0. The van der Waals surface area contributed by atoms with Crippen LogP contribution in [0.3, 0.4) is 0 Å². The maximum atomic E-state index is 5.76. The third-order valence-corrected chi connectivity index (χ3v) is 4.57. The molecule has 1 rings (SSSR count). The highest BCUT2D eigenvalue weighted by Crippen LogP contribution is 2.31. The third kappa shape index (κ3) is 3.68. The van der Waals surface area contributed by atoms with Crippen molar-refractivity contribution in [2.24, 2.45) is 0 Å². The molecule has 1 aromatic rings. The van der Waals surface area contributed by atoms with Crippen LogP contribution in [0.15, 0.2) is 15.7 Å². The van der Waals surface area contributed by atoms with Crippen molar-refractivity contribution in [2.75, 3.05) is 11.5 Å². The van der Waals surface area contributed by atoms with E-state index < -0.39 is 0 Å². The highest BCUT2D eigenvalue weighted by Gasteiger charge is 2.07. The highest BCUT2D eigenvalue weighted by molar-refractivity contribution is 9.10. The summed E-state index contributed by atoms with van der Waals surface area (Å²) in [5, 5.41) is 1.05. The van der Waals surface area contributed by atoms with Crippen LogP contribution in [0, 0.1) is 6.92 Å². The average Bonchev–Trinajstić information content (AvgIpc) is 2.24. The van der Waals surface area contributed by atoms with Gasteiger partial charge in [0.2, 0.25) is 0 Å². The molecule has 0 spiro atoms. The zero-order valence-corrected chi connectivity index (χ0v) is 11.6. The second-order valence-electron chi connectivity index (χ2n) is 3.51. The van der Waals surface area contributed by atoms with E-state index in [0.29, 0.717) is 0 Å². The van der Waals surface area contributed by atoms with Gasteiger partial charge in [0.25, 0.3) is 0 Å². The average molecular weight is 289 g/mol. The van der Waals surface area contributed by atoms with Gasteiger partial charge < -0.3 is 5.73 Å². The van der Waals surface area contributed by atoms with Crippen molar-refractivity contribution in [3.8, 4) is 0 Å². The Hall–Kier alpha value is -0.220. The number of nitrogens with two attached hydrogens (primary N) is 1. The van der Waals surface area contributed by atoms with Crippen molar-refractivity contribution in [1.29, 1.82) is 0 Å². The van der Waals surface area contributed by atoms with Crippen molar-refractivity contribution in [3.05, 3.63) is 16.2 Å². The number of halogens is 1. The van der Waals surface area contributed by atoms with Crippen LogP contribution in [0.2, 0.25) is 0 Å². The van der Waals surface area contributed by atoms with Gasteiger partial charge in [-0.3, -0.25) is 0 Å². The molecular formula is C11H17BrN2S. The third-order valence-electron chi connectivity index (χ3n) is 2.26. The fraction of sp³-hybridized carbons (Fsp3) is 0.545. The maximum Gasteiger partial charge on any atom is 0.111 e. The SMILES string of the molecule is CCCCCSc1ncc(N)c(C)c1Br. The molecule has 0 aliphatic carbocycles. The molecule has 1 aromatic heterocycles. The minimum Gasteiger partial charge on any atom is -0.397 e. The summed E-state index contributed by atoms with van der Waals surface area (Å²) < 4.78 is 1.05. The molecule has 4 heteroatoms. The minimum absolute atomic E-state index is 0.750. The van der Waals surface area contributed by atoms with Crippen LogP contribution in [0.4, 0.5) is 5.69 Å². The van der Waals surface area contributed by atoms with Crippen LogP contribution in [-0.4, -0.2) is 10.7 Å². The van der Waals surface area contributed by atoms with Gasteiger partial charge >= 0.3 is 0 Å². The summed E-state index contributed by atoms with van der Waals surface area (Å²) in [5.41, 5.74) is 7.60. The molecule has 0 unspecified atom stereocenters. The molecule has 84 valence electrons. The molecule has 0 radical (unpaired) electrons. The first-order chi connectivity index (χ1) is 7.16. The Morgan fingerprint density at radius 1 is 1.47 bits per heavy atom. The Balaban J connectivity index is 2.58. The predicted octanol–water partition coefficient (Wildman–Crippen LogP) is 4.02. The van der Waals surface area contributed by atoms with E-state index in [2.05, 4.69) is 27.8 Å². The lowest BCUT2D eigenvalue weighted by Gasteiger charge is -2.07. The van der Waals surface area contributed by atoms with E-state index >= 15 is 0 Å². The molecule has 0 atom stereocenters. The first-order valence-electron chi connectivity index (χ1n) is 5.20. The molecule has 0 aliphatic heterocycles. The van der Waals surface area contributed by atoms with Crippen molar-refractivity contribution in [2.45, 2.75) is 38.1 Å². The second-order valence-corrected chi connectivity index (χ2v) is 5.39. The number of pyridine rings is 1. The van der Waals surface area contributed by atoms with E-state index in [4.69, 9.17) is 5.73 Å². The van der Waals surface area contributed by atoms with Crippen LogP contribution < -0.4 is 5.73 Å². The summed E-state index contributed by atoms with van der Waals surface area (Å²) in [6.07, 6.45) is 5.54. The van der Waals surface area contributed by atoms with E-state index in [9.17, 15) is 0 Å². The number of aromatic nitrogens is 1. The standard InChI is InChI=1S/C11H17BrN2S/c1-3-4-5-6-15-11-10(12)8(2)9(13)7-14-11/h7H,3-6,13H2,1-2H3. The van der Waals surface area contributed by atoms with Gasteiger partial charge in [-0.05, 0) is 40.6 Å².